The standard InChI is InChI=1S/C7H12N2O/c1-2-3-5-4-6(5)9-7(8)10/h2-3,5-6H,4H2,1H3,(H3,8,9,10)/b3-2-/t5-,6-/m1/s1. The van der Waals surface area contributed by atoms with Crippen LogP contribution in [0.15, 0.2) is 12.2 Å². The van der Waals surface area contributed by atoms with Crippen LogP contribution in [0.25, 0.3) is 0 Å². The van der Waals surface area contributed by atoms with Crippen LogP contribution in [0.2, 0.25) is 0 Å². The van der Waals surface area contributed by atoms with E-state index in [1.54, 1.807) is 0 Å². The van der Waals surface area contributed by atoms with E-state index >= 15 is 0 Å². The zero-order valence-corrected chi connectivity index (χ0v) is 6.00. The van der Waals surface area contributed by atoms with Gasteiger partial charge in [-0.2, -0.15) is 0 Å². The van der Waals surface area contributed by atoms with Crippen LogP contribution in [0, 0.1) is 5.92 Å². The molecule has 1 saturated carbocycles. The van der Waals surface area contributed by atoms with Crippen molar-refractivity contribution in [2.45, 2.75) is 19.4 Å². The SMILES string of the molecule is C/C=C\[C@@H]1C[C@H]1NC(N)=O. The highest BCUT2D eigenvalue weighted by Crippen LogP contribution is 2.31. The molecule has 56 valence electrons. The van der Waals surface area contributed by atoms with Crippen LogP contribution in [0.5, 0.6) is 0 Å². The highest BCUT2D eigenvalue weighted by molar-refractivity contribution is 5.72. The second-order valence-corrected chi connectivity index (χ2v) is 2.54. The Kier molecular flexibility index (Phi) is 1.94. The summed E-state index contributed by atoms with van der Waals surface area (Å²) in [5, 5.41) is 2.64. The Bertz CT molecular complexity index is 165. The molecule has 3 nitrogen and oxygen atoms in total. The van der Waals surface area contributed by atoms with Crippen molar-refractivity contribution in [3.05, 3.63) is 12.2 Å². The summed E-state index contributed by atoms with van der Waals surface area (Å²) >= 11 is 0. The number of primary amides is 1. The Morgan fingerprint density at radius 3 is 3.00 bits per heavy atom. The van der Waals surface area contributed by atoms with Crippen molar-refractivity contribution in [1.82, 2.24) is 5.32 Å². The topological polar surface area (TPSA) is 55.1 Å². The molecule has 0 saturated heterocycles. The number of hydrogen-bond acceptors (Lipinski definition) is 1. The van der Waals surface area contributed by atoms with Gasteiger partial charge in [0.1, 0.15) is 0 Å². The predicted molar refractivity (Wildman–Crippen MR) is 39.4 cm³/mol. The number of allylic oxidation sites excluding steroid dienone is 1. The van der Waals surface area contributed by atoms with Crippen LogP contribution < -0.4 is 11.1 Å². The van der Waals surface area contributed by atoms with E-state index in [0.717, 1.165) is 6.42 Å². The first-order chi connectivity index (χ1) is 4.74. The van der Waals surface area contributed by atoms with E-state index in [1.807, 2.05) is 13.0 Å². The van der Waals surface area contributed by atoms with Crippen molar-refractivity contribution < 1.29 is 4.79 Å². The molecule has 0 aromatic rings. The summed E-state index contributed by atoms with van der Waals surface area (Å²) < 4.78 is 0. The van der Waals surface area contributed by atoms with Crippen molar-refractivity contribution in [3.8, 4) is 0 Å². The molecule has 1 fully saturated rings. The summed E-state index contributed by atoms with van der Waals surface area (Å²) in [5.74, 6) is 0.525. The fraction of sp³-hybridized carbons (Fsp3) is 0.571. The van der Waals surface area contributed by atoms with E-state index < -0.39 is 6.03 Å². The number of amides is 2. The van der Waals surface area contributed by atoms with Crippen LogP contribution >= 0.6 is 0 Å². The molecule has 3 heteroatoms. The van der Waals surface area contributed by atoms with Crippen molar-refractivity contribution in [1.29, 1.82) is 0 Å². The van der Waals surface area contributed by atoms with Gasteiger partial charge in [0.2, 0.25) is 0 Å². The highest BCUT2D eigenvalue weighted by atomic mass is 16.2. The van der Waals surface area contributed by atoms with Gasteiger partial charge in [-0.05, 0) is 19.3 Å². The van der Waals surface area contributed by atoms with Crippen LogP contribution in [-0.4, -0.2) is 12.1 Å². The Morgan fingerprint density at radius 1 is 1.80 bits per heavy atom. The lowest BCUT2D eigenvalue weighted by Gasteiger charge is -1.95. The maximum atomic E-state index is 10.3. The Labute approximate surface area is 60.3 Å². The summed E-state index contributed by atoms with van der Waals surface area (Å²) in [4.78, 5) is 10.3. The number of carbonyl (C=O) groups excluding carboxylic acids is 1. The summed E-state index contributed by atoms with van der Waals surface area (Å²) in [6.45, 7) is 1.97. The predicted octanol–water partition coefficient (Wildman–Crippen LogP) is 0.619. The first-order valence-corrected chi connectivity index (χ1v) is 3.43. The third kappa shape index (κ3) is 1.76. The lowest BCUT2D eigenvalue weighted by molar-refractivity contribution is 0.248. The normalized spacial score (nSPS) is 30.5. The zero-order chi connectivity index (χ0) is 7.56. The first kappa shape index (κ1) is 7.12. The van der Waals surface area contributed by atoms with Crippen molar-refractivity contribution in [2.75, 3.05) is 0 Å². The second kappa shape index (κ2) is 2.73. The molecule has 3 N–H and O–H groups in total. The Hall–Kier alpha value is -0.990. The van der Waals surface area contributed by atoms with Gasteiger partial charge in [0.25, 0.3) is 0 Å². The van der Waals surface area contributed by atoms with E-state index in [2.05, 4.69) is 11.4 Å². The molecule has 0 bridgehead atoms. The third-order valence-corrected chi connectivity index (χ3v) is 1.61. The van der Waals surface area contributed by atoms with Gasteiger partial charge in [0.05, 0.1) is 0 Å². The van der Waals surface area contributed by atoms with E-state index in [1.165, 1.54) is 0 Å². The molecular weight excluding hydrogens is 128 g/mol. The Balaban J connectivity index is 2.19. The van der Waals surface area contributed by atoms with Crippen LogP contribution in [-0.2, 0) is 0 Å². The van der Waals surface area contributed by atoms with Gasteiger partial charge in [-0.25, -0.2) is 4.79 Å². The van der Waals surface area contributed by atoms with E-state index in [9.17, 15) is 4.79 Å². The minimum Gasteiger partial charge on any atom is -0.352 e. The summed E-state index contributed by atoms with van der Waals surface area (Å²) in [6, 6.07) is -0.120. The molecule has 1 rings (SSSR count). The van der Waals surface area contributed by atoms with Gasteiger partial charge < -0.3 is 11.1 Å². The molecule has 0 radical (unpaired) electrons. The highest BCUT2D eigenvalue weighted by Gasteiger charge is 2.35. The summed E-state index contributed by atoms with van der Waals surface area (Å²) in [6.07, 6.45) is 5.11. The maximum Gasteiger partial charge on any atom is 0.312 e. The van der Waals surface area contributed by atoms with Gasteiger partial charge in [0, 0.05) is 6.04 Å². The quantitative estimate of drug-likeness (QED) is 0.543. The monoisotopic (exact) mass is 140 g/mol. The second-order valence-electron chi connectivity index (χ2n) is 2.54. The van der Waals surface area contributed by atoms with Crippen LogP contribution in [0.3, 0.4) is 0 Å². The fourth-order valence-corrected chi connectivity index (χ4v) is 1.02. The lowest BCUT2D eigenvalue weighted by Crippen LogP contribution is -2.31. The molecule has 0 aliphatic heterocycles. The molecule has 0 aromatic carbocycles. The van der Waals surface area contributed by atoms with E-state index in [4.69, 9.17) is 5.73 Å². The molecule has 0 heterocycles. The molecule has 2 amide bonds. The minimum atomic E-state index is -0.419. The molecular formula is C7H12N2O. The molecule has 10 heavy (non-hydrogen) atoms. The zero-order valence-electron chi connectivity index (χ0n) is 6.00. The largest absolute Gasteiger partial charge is 0.352 e. The van der Waals surface area contributed by atoms with Crippen LogP contribution in [0.4, 0.5) is 4.79 Å². The number of rotatable bonds is 2. The van der Waals surface area contributed by atoms with Gasteiger partial charge in [0.15, 0.2) is 0 Å². The first-order valence-electron chi connectivity index (χ1n) is 3.43. The number of urea groups is 1. The number of nitrogens with one attached hydrogen (secondary N) is 1. The molecule has 0 unspecified atom stereocenters. The molecule has 0 spiro atoms. The minimum absolute atomic E-state index is 0.300. The van der Waals surface area contributed by atoms with Crippen molar-refractivity contribution in [2.24, 2.45) is 11.7 Å². The number of hydrogen-bond donors (Lipinski definition) is 2. The van der Waals surface area contributed by atoms with Gasteiger partial charge in [-0.3, -0.25) is 0 Å². The smallest absolute Gasteiger partial charge is 0.312 e. The molecule has 1 aliphatic carbocycles. The summed E-state index contributed by atoms with van der Waals surface area (Å²) in [7, 11) is 0. The van der Waals surface area contributed by atoms with Gasteiger partial charge in [-0.1, -0.05) is 12.2 Å². The van der Waals surface area contributed by atoms with E-state index in [0.29, 0.717) is 12.0 Å². The average molecular weight is 140 g/mol. The Morgan fingerprint density at radius 2 is 2.50 bits per heavy atom. The molecule has 0 aromatic heterocycles. The average Bonchev–Trinajstić information content (AvgIpc) is 2.47. The van der Waals surface area contributed by atoms with E-state index in [-0.39, 0.29) is 0 Å². The van der Waals surface area contributed by atoms with Gasteiger partial charge in [-0.15, -0.1) is 0 Å². The third-order valence-electron chi connectivity index (χ3n) is 1.61. The number of nitrogens with two attached hydrogens (primary N) is 1. The number of carbonyl (C=O) groups is 1. The lowest BCUT2D eigenvalue weighted by atomic mass is 10.3. The van der Waals surface area contributed by atoms with Gasteiger partial charge >= 0.3 is 6.03 Å². The van der Waals surface area contributed by atoms with Crippen molar-refractivity contribution >= 4 is 6.03 Å². The summed E-state index contributed by atoms with van der Waals surface area (Å²) in [5.41, 5.74) is 4.92. The fourth-order valence-electron chi connectivity index (χ4n) is 1.02. The van der Waals surface area contributed by atoms with Crippen LogP contribution in [0.1, 0.15) is 13.3 Å². The molecule has 1 aliphatic rings. The maximum absolute atomic E-state index is 10.3. The molecule has 2 atom stereocenters. The van der Waals surface area contributed by atoms with Crippen molar-refractivity contribution in [3.63, 3.8) is 0 Å².